The van der Waals surface area contributed by atoms with Crippen molar-refractivity contribution >= 4 is 27.5 Å². The molecule has 1 amide bonds. The lowest BCUT2D eigenvalue weighted by atomic mass is 10.0. The van der Waals surface area contributed by atoms with Crippen molar-refractivity contribution in [1.82, 2.24) is 5.32 Å². The molecule has 1 unspecified atom stereocenters. The fourth-order valence-electron chi connectivity index (χ4n) is 2.38. The molecule has 3 nitrogen and oxygen atoms in total. The highest BCUT2D eigenvalue weighted by molar-refractivity contribution is 9.10. The Bertz CT molecular complexity index is 442. The SMILES string of the molecule is CC1CCN(c2ccc(Br)cc2)C(=O)C(C)(C)N1. The Morgan fingerprint density at radius 1 is 1.33 bits per heavy atom. The van der Waals surface area contributed by atoms with Gasteiger partial charge in [0.15, 0.2) is 0 Å². The second-order valence-electron chi connectivity index (χ2n) is 5.39. The van der Waals surface area contributed by atoms with Crippen molar-refractivity contribution in [2.75, 3.05) is 11.4 Å². The molecule has 4 heteroatoms. The fourth-order valence-corrected chi connectivity index (χ4v) is 2.64. The zero-order valence-corrected chi connectivity index (χ0v) is 12.6. The van der Waals surface area contributed by atoms with Gasteiger partial charge in [-0.2, -0.15) is 0 Å². The summed E-state index contributed by atoms with van der Waals surface area (Å²) in [6.45, 7) is 6.78. The third-order valence-electron chi connectivity index (χ3n) is 3.31. The Kier molecular flexibility index (Phi) is 3.78. The number of anilines is 1. The largest absolute Gasteiger partial charge is 0.311 e. The molecule has 0 saturated carbocycles. The van der Waals surface area contributed by atoms with Gasteiger partial charge in [0.1, 0.15) is 0 Å². The van der Waals surface area contributed by atoms with Crippen molar-refractivity contribution < 1.29 is 4.79 Å². The number of hydrogen-bond donors (Lipinski definition) is 1. The minimum Gasteiger partial charge on any atom is -0.311 e. The summed E-state index contributed by atoms with van der Waals surface area (Å²) in [5, 5.41) is 3.38. The maximum atomic E-state index is 12.5. The van der Waals surface area contributed by atoms with Crippen molar-refractivity contribution in [2.24, 2.45) is 0 Å². The zero-order chi connectivity index (χ0) is 13.3. The molecule has 1 heterocycles. The Morgan fingerprint density at radius 2 is 1.94 bits per heavy atom. The zero-order valence-electron chi connectivity index (χ0n) is 11.0. The summed E-state index contributed by atoms with van der Waals surface area (Å²) >= 11 is 3.42. The number of halogens is 1. The molecule has 0 radical (unpaired) electrons. The summed E-state index contributed by atoms with van der Waals surface area (Å²) in [7, 11) is 0. The molecule has 0 aromatic heterocycles. The van der Waals surface area contributed by atoms with Crippen molar-refractivity contribution in [3.8, 4) is 0 Å². The predicted molar refractivity (Wildman–Crippen MR) is 77.8 cm³/mol. The second kappa shape index (κ2) is 5.02. The summed E-state index contributed by atoms with van der Waals surface area (Å²) in [4.78, 5) is 14.4. The van der Waals surface area contributed by atoms with Crippen LogP contribution in [0.25, 0.3) is 0 Å². The number of nitrogens with one attached hydrogen (secondary N) is 1. The molecule has 1 atom stereocenters. The maximum absolute atomic E-state index is 12.5. The van der Waals surface area contributed by atoms with E-state index in [9.17, 15) is 4.79 Å². The van der Waals surface area contributed by atoms with E-state index in [1.54, 1.807) is 0 Å². The number of amides is 1. The third-order valence-corrected chi connectivity index (χ3v) is 3.84. The van der Waals surface area contributed by atoms with Crippen LogP contribution < -0.4 is 10.2 Å². The number of carbonyl (C=O) groups is 1. The van der Waals surface area contributed by atoms with E-state index in [0.717, 1.165) is 23.1 Å². The lowest BCUT2D eigenvalue weighted by Crippen LogP contribution is -2.53. The molecule has 1 aliphatic rings. The van der Waals surface area contributed by atoms with Gasteiger partial charge in [0.2, 0.25) is 5.91 Å². The Morgan fingerprint density at radius 3 is 2.56 bits per heavy atom. The molecular formula is C14H19BrN2O. The van der Waals surface area contributed by atoms with Crippen LogP contribution in [0.5, 0.6) is 0 Å². The lowest BCUT2D eigenvalue weighted by Gasteiger charge is -2.29. The third kappa shape index (κ3) is 2.75. The van der Waals surface area contributed by atoms with Crippen LogP contribution in [0.3, 0.4) is 0 Å². The Balaban J connectivity index is 2.31. The van der Waals surface area contributed by atoms with Crippen molar-refractivity contribution in [3.63, 3.8) is 0 Å². The van der Waals surface area contributed by atoms with E-state index in [1.807, 2.05) is 43.0 Å². The second-order valence-corrected chi connectivity index (χ2v) is 6.31. The first-order chi connectivity index (χ1) is 8.40. The van der Waals surface area contributed by atoms with Gasteiger partial charge >= 0.3 is 0 Å². The average molecular weight is 311 g/mol. The molecule has 0 aliphatic carbocycles. The van der Waals surface area contributed by atoms with Crippen molar-refractivity contribution in [1.29, 1.82) is 0 Å². The van der Waals surface area contributed by atoms with Gasteiger partial charge in [-0.25, -0.2) is 0 Å². The summed E-state index contributed by atoms with van der Waals surface area (Å²) in [5.41, 5.74) is 0.454. The van der Waals surface area contributed by atoms with Gasteiger partial charge in [-0.05, 0) is 51.5 Å². The van der Waals surface area contributed by atoms with Gasteiger partial charge in [-0.1, -0.05) is 15.9 Å². The quantitative estimate of drug-likeness (QED) is 0.865. The Hall–Kier alpha value is -0.870. The molecular weight excluding hydrogens is 292 g/mol. The van der Waals surface area contributed by atoms with Gasteiger partial charge in [0, 0.05) is 22.7 Å². The van der Waals surface area contributed by atoms with Crippen LogP contribution >= 0.6 is 15.9 Å². The number of carbonyl (C=O) groups excluding carboxylic acids is 1. The smallest absolute Gasteiger partial charge is 0.246 e. The van der Waals surface area contributed by atoms with Gasteiger partial charge in [0.25, 0.3) is 0 Å². The van der Waals surface area contributed by atoms with Gasteiger partial charge in [-0.15, -0.1) is 0 Å². The molecule has 1 aliphatic heterocycles. The number of nitrogens with zero attached hydrogens (tertiary/aromatic N) is 1. The Labute approximate surface area is 117 Å². The summed E-state index contributed by atoms with van der Waals surface area (Å²) < 4.78 is 1.03. The summed E-state index contributed by atoms with van der Waals surface area (Å²) in [5.74, 6) is 0.133. The van der Waals surface area contributed by atoms with E-state index < -0.39 is 5.54 Å². The van der Waals surface area contributed by atoms with Crippen molar-refractivity contribution in [2.45, 2.75) is 38.8 Å². The fraction of sp³-hybridized carbons (Fsp3) is 0.500. The highest BCUT2D eigenvalue weighted by Crippen LogP contribution is 2.24. The molecule has 1 N–H and O–H groups in total. The average Bonchev–Trinajstić information content (AvgIpc) is 2.39. The van der Waals surface area contributed by atoms with E-state index in [4.69, 9.17) is 0 Å². The number of hydrogen-bond acceptors (Lipinski definition) is 2. The van der Waals surface area contributed by atoms with E-state index in [-0.39, 0.29) is 5.91 Å². The maximum Gasteiger partial charge on any atom is 0.246 e. The van der Waals surface area contributed by atoms with Crippen LogP contribution in [0.15, 0.2) is 28.7 Å². The molecule has 98 valence electrons. The van der Waals surface area contributed by atoms with Crippen LogP contribution in [0.1, 0.15) is 27.2 Å². The summed E-state index contributed by atoms with van der Waals surface area (Å²) in [6.07, 6.45) is 0.964. The first-order valence-electron chi connectivity index (χ1n) is 6.25. The number of benzene rings is 1. The normalized spacial score (nSPS) is 23.9. The van der Waals surface area contributed by atoms with Crippen molar-refractivity contribution in [3.05, 3.63) is 28.7 Å². The molecule has 1 saturated heterocycles. The van der Waals surface area contributed by atoms with Crippen LogP contribution in [0, 0.1) is 0 Å². The molecule has 2 rings (SSSR count). The van der Waals surface area contributed by atoms with E-state index in [0.29, 0.717) is 6.04 Å². The standard InChI is InChI=1S/C14H19BrN2O/c1-10-8-9-17(13(18)14(2,3)16-10)12-6-4-11(15)5-7-12/h4-7,10,16H,8-9H2,1-3H3. The molecule has 1 aromatic rings. The first kappa shape index (κ1) is 13.6. The van der Waals surface area contributed by atoms with Crippen LogP contribution in [-0.2, 0) is 4.79 Å². The number of rotatable bonds is 1. The first-order valence-corrected chi connectivity index (χ1v) is 7.05. The highest BCUT2D eigenvalue weighted by atomic mass is 79.9. The van der Waals surface area contributed by atoms with E-state index in [2.05, 4.69) is 28.2 Å². The van der Waals surface area contributed by atoms with E-state index in [1.165, 1.54) is 0 Å². The van der Waals surface area contributed by atoms with Gasteiger partial charge < -0.3 is 10.2 Å². The minimum atomic E-state index is -0.511. The van der Waals surface area contributed by atoms with E-state index >= 15 is 0 Å². The van der Waals surface area contributed by atoms with Crippen LogP contribution in [0.2, 0.25) is 0 Å². The molecule has 0 spiro atoms. The molecule has 18 heavy (non-hydrogen) atoms. The van der Waals surface area contributed by atoms with Crippen LogP contribution in [0.4, 0.5) is 5.69 Å². The topological polar surface area (TPSA) is 32.3 Å². The highest BCUT2D eigenvalue weighted by Gasteiger charge is 2.36. The molecule has 0 bridgehead atoms. The molecule has 1 aromatic carbocycles. The monoisotopic (exact) mass is 310 g/mol. The molecule has 1 fully saturated rings. The summed E-state index contributed by atoms with van der Waals surface area (Å²) in [6, 6.07) is 8.25. The van der Waals surface area contributed by atoms with Crippen LogP contribution in [-0.4, -0.2) is 24.0 Å². The lowest BCUT2D eigenvalue weighted by molar-refractivity contribution is -0.123. The minimum absolute atomic E-state index is 0.133. The van der Waals surface area contributed by atoms with Gasteiger partial charge in [0.05, 0.1) is 5.54 Å². The van der Waals surface area contributed by atoms with Gasteiger partial charge in [-0.3, -0.25) is 4.79 Å². The predicted octanol–water partition coefficient (Wildman–Crippen LogP) is 2.94.